The SMILES string of the molecule is CCOCCn1c(CN2CCN(CC)CC2)nc2cccnc21.O=C(O)/C=C/C(=O)O. The second-order valence-electron chi connectivity index (χ2n) is 6.94. The summed E-state index contributed by atoms with van der Waals surface area (Å²) in [5.41, 5.74) is 1.94. The Balaban J connectivity index is 0.000000366. The van der Waals surface area contributed by atoms with E-state index >= 15 is 0 Å². The highest BCUT2D eigenvalue weighted by molar-refractivity contribution is 5.89. The van der Waals surface area contributed by atoms with Crippen LogP contribution in [0.25, 0.3) is 11.2 Å². The standard InChI is InChI=1S/C17H27N5O.C4H4O4/c1-3-20-8-10-21(11-9-20)14-16-19-15-6-5-7-18-17(15)22(16)12-13-23-4-2;5-3(6)1-2-4(7)8/h5-7H,3-4,8-14H2,1-2H3;1-2H,(H,5,6)(H,7,8)/b;2-1+. The van der Waals surface area contributed by atoms with Gasteiger partial charge in [-0.25, -0.2) is 19.6 Å². The van der Waals surface area contributed by atoms with Crippen molar-refractivity contribution in [2.24, 2.45) is 0 Å². The molecular formula is C21H31N5O5. The first-order valence-corrected chi connectivity index (χ1v) is 10.4. The van der Waals surface area contributed by atoms with Crippen LogP contribution in [0.4, 0.5) is 0 Å². The number of piperazine rings is 1. The van der Waals surface area contributed by atoms with Crippen molar-refractivity contribution in [1.29, 1.82) is 0 Å². The van der Waals surface area contributed by atoms with Gasteiger partial charge in [0, 0.05) is 57.7 Å². The van der Waals surface area contributed by atoms with Gasteiger partial charge in [0.05, 0.1) is 13.2 Å². The molecule has 0 aliphatic carbocycles. The average molecular weight is 434 g/mol. The molecule has 0 spiro atoms. The highest BCUT2D eigenvalue weighted by Crippen LogP contribution is 2.16. The third-order valence-electron chi connectivity index (χ3n) is 4.89. The Morgan fingerprint density at radius 3 is 2.32 bits per heavy atom. The lowest BCUT2D eigenvalue weighted by Gasteiger charge is -2.33. The van der Waals surface area contributed by atoms with Crippen molar-refractivity contribution in [3.63, 3.8) is 0 Å². The van der Waals surface area contributed by atoms with Crippen molar-refractivity contribution in [3.8, 4) is 0 Å². The van der Waals surface area contributed by atoms with Crippen LogP contribution in [0, 0.1) is 0 Å². The van der Waals surface area contributed by atoms with Crippen molar-refractivity contribution in [2.75, 3.05) is 45.9 Å². The molecule has 0 amide bonds. The molecule has 0 saturated carbocycles. The minimum Gasteiger partial charge on any atom is -0.478 e. The number of hydrogen-bond donors (Lipinski definition) is 2. The first-order chi connectivity index (χ1) is 14.9. The van der Waals surface area contributed by atoms with E-state index in [-0.39, 0.29) is 0 Å². The molecular weight excluding hydrogens is 402 g/mol. The first kappa shape index (κ1) is 24.4. The first-order valence-electron chi connectivity index (χ1n) is 10.4. The van der Waals surface area contributed by atoms with Gasteiger partial charge in [0.25, 0.3) is 0 Å². The van der Waals surface area contributed by atoms with Gasteiger partial charge in [-0.3, -0.25) is 4.90 Å². The molecule has 170 valence electrons. The average Bonchev–Trinajstić information content (AvgIpc) is 3.10. The summed E-state index contributed by atoms with van der Waals surface area (Å²) in [6.07, 6.45) is 2.95. The fourth-order valence-electron chi connectivity index (χ4n) is 3.27. The third kappa shape index (κ3) is 8.08. The summed E-state index contributed by atoms with van der Waals surface area (Å²) in [6, 6.07) is 3.99. The summed E-state index contributed by atoms with van der Waals surface area (Å²) in [5, 5.41) is 15.6. The lowest BCUT2D eigenvalue weighted by molar-refractivity contribution is -0.134. The van der Waals surface area contributed by atoms with Crippen molar-refractivity contribution in [2.45, 2.75) is 26.9 Å². The Hall–Kier alpha value is -2.82. The van der Waals surface area contributed by atoms with E-state index < -0.39 is 11.9 Å². The molecule has 31 heavy (non-hydrogen) atoms. The van der Waals surface area contributed by atoms with Gasteiger partial charge < -0.3 is 24.4 Å². The normalized spacial score (nSPS) is 15.2. The Morgan fingerprint density at radius 2 is 1.74 bits per heavy atom. The molecule has 2 N–H and O–H groups in total. The molecule has 0 bridgehead atoms. The Morgan fingerprint density at radius 1 is 1.10 bits per heavy atom. The fraction of sp³-hybridized carbons (Fsp3) is 0.524. The van der Waals surface area contributed by atoms with E-state index in [2.05, 4.69) is 26.3 Å². The number of rotatable bonds is 9. The van der Waals surface area contributed by atoms with Gasteiger partial charge in [0.2, 0.25) is 0 Å². The summed E-state index contributed by atoms with van der Waals surface area (Å²) in [4.78, 5) is 33.4. The molecule has 1 aliphatic rings. The van der Waals surface area contributed by atoms with Gasteiger partial charge in [-0.05, 0) is 25.6 Å². The van der Waals surface area contributed by atoms with Crippen LogP contribution in [-0.4, -0.2) is 92.4 Å². The third-order valence-corrected chi connectivity index (χ3v) is 4.89. The number of aromatic nitrogens is 3. The molecule has 0 radical (unpaired) electrons. The molecule has 10 nitrogen and oxygen atoms in total. The monoisotopic (exact) mass is 433 g/mol. The smallest absolute Gasteiger partial charge is 0.328 e. The van der Waals surface area contributed by atoms with Gasteiger partial charge in [-0.2, -0.15) is 0 Å². The predicted octanol–water partition coefficient (Wildman–Crippen LogP) is 1.32. The molecule has 0 aromatic carbocycles. The van der Waals surface area contributed by atoms with Gasteiger partial charge in [0.1, 0.15) is 11.3 Å². The van der Waals surface area contributed by atoms with Gasteiger partial charge in [-0.15, -0.1) is 0 Å². The number of imidazole rings is 1. The highest BCUT2D eigenvalue weighted by atomic mass is 16.5. The molecule has 3 rings (SSSR count). The topological polar surface area (TPSA) is 121 Å². The number of carboxylic acids is 2. The summed E-state index contributed by atoms with van der Waals surface area (Å²) >= 11 is 0. The predicted molar refractivity (Wildman–Crippen MR) is 116 cm³/mol. The van der Waals surface area contributed by atoms with E-state index in [0.29, 0.717) is 18.8 Å². The number of nitrogens with zero attached hydrogens (tertiary/aromatic N) is 5. The number of fused-ring (bicyclic) bond motifs is 1. The molecule has 10 heteroatoms. The number of aliphatic carboxylic acids is 2. The zero-order valence-electron chi connectivity index (χ0n) is 18.1. The number of hydrogen-bond acceptors (Lipinski definition) is 7. The minimum absolute atomic E-state index is 0.558. The van der Waals surface area contributed by atoms with Crippen molar-refractivity contribution in [1.82, 2.24) is 24.3 Å². The summed E-state index contributed by atoms with van der Waals surface area (Å²) in [5.74, 6) is -1.41. The van der Waals surface area contributed by atoms with E-state index in [1.165, 1.54) is 0 Å². The van der Waals surface area contributed by atoms with Gasteiger partial charge >= 0.3 is 11.9 Å². The molecule has 1 saturated heterocycles. The van der Waals surface area contributed by atoms with E-state index in [4.69, 9.17) is 19.9 Å². The van der Waals surface area contributed by atoms with E-state index in [1.807, 2.05) is 25.3 Å². The quantitative estimate of drug-likeness (QED) is 0.445. The van der Waals surface area contributed by atoms with E-state index in [9.17, 15) is 9.59 Å². The second kappa shape index (κ2) is 12.8. The Bertz CT molecular complexity index is 858. The molecule has 0 unspecified atom stereocenters. The van der Waals surface area contributed by atoms with E-state index in [0.717, 1.165) is 69.4 Å². The zero-order valence-corrected chi connectivity index (χ0v) is 18.1. The maximum Gasteiger partial charge on any atom is 0.328 e. The van der Waals surface area contributed by atoms with Crippen LogP contribution >= 0.6 is 0 Å². The number of carboxylic acid groups (broad SMARTS) is 2. The lowest BCUT2D eigenvalue weighted by Crippen LogP contribution is -2.45. The molecule has 1 fully saturated rings. The van der Waals surface area contributed by atoms with Crippen molar-refractivity contribution >= 4 is 23.1 Å². The lowest BCUT2D eigenvalue weighted by atomic mass is 10.3. The molecule has 2 aromatic rings. The minimum atomic E-state index is -1.26. The zero-order chi connectivity index (χ0) is 22.6. The largest absolute Gasteiger partial charge is 0.478 e. The van der Waals surface area contributed by atoms with Gasteiger partial charge in [-0.1, -0.05) is 6.92 Å². The van der Waals surface area contributed by atoms with Crippen LogP contribution in [-0.2, 0) is 27.4 Å². The maximum atomic E-state index is 9.55. The van der Waals surface area contributed by atoms with Crippen molar-refractivity contribution in [3.05, 3.63) is 36.3 Å². The highest BCUT2D eigenvalue weighted by Gasteiger charge is 2.19. The fourth-order valence-corrected chi connectivity index (χ4v) is 3.27. The maximum absolute atomic E-state index is 9.55. The number of carbonyl (C=O) groups is 2. The second-order valence-corrected chi connectivity index (χ2v) is 6.94. The van der Waals surface area contributed by atoms with Crippen LogP contribution in [0.2, 0.25) is 0 Å². The van der Waals surface area contributed by atoms with Crippen molar-refractivity contribution < 1.29 is 24.5 Å². The van der Waals surface area contributed by atoms with Crippen LogP contribution < -0.4 is 0 Å². The van der Waals surface area contributed by atoms with Crippen LogP contribution in [0.3, 0.4) is 0 Å². The van der Waals surface area contributed by atoms with E-state index in [1.54, 1.807) is 0 Å². The summed E-state index contributed by atoms with van der Waals surface area (Å²) in [6.45, 7) is 13.1. The molecule has 2 aromatic heterocycles. The van der Waals surface area contributed by atoms with Crippen LogP contribution in [0.5, 0.6) is 0 Å². The Kier molecular flexibility index (Phi) is 10.1. The Labute approximate surface area is 181 Å². The molecule has 3 heterocycles. The number of likely N-dealkylation sites (N-methyl/N-ethyl adjacent to an activating group) is 1. The number of pyridine rings is 1. The molecule has 1 aliphatic heterocycles. The molecule has 0 atom stereocenters. The van der Waals surface area contributed by atoms with Crippen LogP contribution in [0.1, 0.15) is 19.7 Å². The summed E-state index contributed by atoms with van der Waals surface area (Å²) in [7, 11) is 0. The summed E-state index contributed by atoms with van der Waals surface area (Å²) < 4.78 is 7.75. The van der Waals surface area contributed by atoms with Gasteiger partial charge in [0.15, 0.2) is 5.65 Å². The van der Waals surface area contributed by atoms with Crippen LogP contribution in [0.15, 0.2) is 30.5 Å². The number of ether oxygens (including phenoxy) is 1.